The Hall–Kier alpha value is -2.42. The minimum atomic E-state index is -0.791. The van der Waals surface area contributed by atoms with Crippen molar-refractivity contribution < 1.29 is 19.1 Å². The van der Waals surface area contributed by atoms with Crippen LogP contribution in [0.25, 0.3) is 0 Å². The lowest BCUT2D eigenvalue weighted by molar-refractivity contribution is -0.134. The number of urea groups is 1. The van der Waals surface area contributed by atoms with E-state index < -0.39 is 5.54 Å². The lowest BCUT2D eigenvalue weighted by Gasteiger charge is -2.43. The van der Waals surface area contributed by atoms with E-state index in [1.54, 1.807) is 31.5 Å². The third-order valence-electron chi connectivity index (χ3n) is 5.42. The van der Waals surface area contributed by atoms with Gasteiger partial charge in [0, 0.05) is 39.1 Å². The van der Waals surface area contributed by atoms with Crippen LogP contribution in [0, 0.1) is 5.92 Å². The molecular formula is C19H29N5O4. The molecule has 3 heterocycles. The average Bonchev–Trinajstić information content (AvgIpc) is 2.88. The van der Waals surface area contributed by atoms with E-state index in [1.807, 2.05) is 0 Å². The monoisotopic (exact) mass is 391 g/mol. The number of imide groups is 1. The molecule has 3 rings (SSSR count). The van der Waals surface area contributed by atoms with Crippen LogP contribution in [0.15, 0.2) is 12.4 Å². The van der Waals surface area contributed by atoms with Crippen LogP contribution < -0.4 is 9.64 Å². The first kappa shape index (κ1) is 20.3. The second-order valence-electron chi connectivity index (χ2n) is 7.64. The van der Waals surface area contributed by atoms with Crippen LogP contribution in [0.3, 0.4) is 0 Å². The average molecular weight is 391 g/mol. The molecule has 2 aliphatic heterocycles. The SMILES string of the molecule is COCCN1C(=O)N(CC(C)C)C2(CCN(c3nccnc3OC)CC2)C1=O. The lowest BCUT2D eigenvalue weighted by atomic mass is 9.85. The molecule has 1 aromatic heterocycles. The van der Waals surface area contributed by atoms with E-state index in [2.05, 4.69) is 28.7 Å². The number of carbonyl (C=O) groups is 2. The third kappa shape index (κ3) is 3.50. The van der Waals surface area contributed by atoms with Crippen molar-refractivity contribution in [2.45, 2.75) is 32.2 Å². The predicted octanol–water partition coefficient (Wildman–Crippen LogP) is 1.39. The van der Waals surface area contributed by atoms with Gasteiger partial charge >= 0.3 is 6.03 Å². The summed E-state index contributed by atoms with van der Waals surface area (Å²) in [5, 5.41) is 0. The van der Waals surface area contributed by atoms with Gasteiger partial charge in [-0.1, -0.05) is 13.8 Å². The Morgan fingerprint density at radius 1 is 1.14 bits per heavy atom. The Morgan fingerprint density at radius 2 is 1.82 bits per heavy atom. The zero-order chi connectivity index (χ0) is 20.3. The Balaban J connectivity index is 1.83. The molecule has 2 aliphatic rings. The van der Waals surface area contributed by atoms with E-state index in [0.717, 1.165) is 0 Å². The number of aromatic nitrogens is 2. The van der Waals surface area contributed by atoms with Gasteiger partial charge in [0.1, 0.15) is 5.54 Å². The van der Waals surface area contributed by atoms with Gasteiger partial charge in [0.2, 0.25) is 0 Å². The third-order valence-corrected chi connectivity index (χ3v) is 5.42. The molecule has 0 atom stereocenters. The van der Waals surface area contributed by atoms with Crippen molar-refractivity contribution in [1.29, 1.82) is 0 Å². The van der Waals surface area contributed by atoms with Crippen LogP contribution in [-0.4, -0.2) is 84.3 Å². The first-order valence-electron chi connectivity index (χ1n) is 9.67. The summed E-state index contributed by atoms with van der Waals surface area (Å²) in [7, 11) is 3.13. The van der Waals surface area contributed by atoms with Crippen LogP contribution in [0.4, 0.5) is 10.6 Å². The fourth-order valence-electron chi connectivity index (χ4n) is 4.03. The van der Waals surface area contributed by atoms with E-state index in [0.29, 0.717) is 50.8 Å². The van der Waals surface area contributed by atoms with E-state index >= 15 is 0 Å². The summed E-state index contributed by atoms with van der Waals surface area (Å²) in [6, 6.07) is -0.207. The number of ether oxygens (including phenoxy) is 2. The van der Waals surface area contributed by atoms with Gasteiger partial charge in [-0.3, -0.25) is 9.69 Å². The van der Waals surface area contributed by atoms with Gasteiger partial charge in [0.05, 0.1) is 20.3 Å². The van der Waals surface area contributed by atoms with Crippen LogP contribution in [0.2, 0.25) is 0 Å². The lowest BCUT2D eigenvalue weighted by Crippen LogP contribution is -2.57. The van der Waals surface area contributed by atoms with Gasteiger partial charge in [0.25, 0.3) is 11.8 Å². The van der Waals surface area contributed by atoms with Gasteiger partial charge in [-0.25, -0.2) is 14.8 Å². The first-order valence-corrected chi connectivity index (χ1v) is 9.67. The summed E-state index contributed by atoms with van der Waals surface area (Å²) in [4.78, 5) is 40.1. The van der Waals surface area contributed by atoms with Gasteiger partial charge in [-0.15, -0.1) is 0 Å². The molecule has 2 saturated heterocycles. The summed E-state index contributed by atoms with van der Waals surface area (Å²) >= 11 is 0. The molecule has 154 valence electrons. The van der Waals surface area contributed by atoms with Gasteiger partial charge < -0.3 is 19.3 Å². The number of amides is 3. The highest BCUT2D eigenvalue weighted by molar-refractivity contribution is 6.07. The maximum atomic E-state index is 13.3. The summed E-state index contributed by atoms with van der Waals surface area (Å²) in [5.74, 6) is 1.30. The number of carbonyl (C=O) groups excluding carboxylic acids is 2. The molecule has 0 aliphatic carbocycles. The summed E-state index contributed by atoms with van der Waals surface area (Å²) < 4.78 is 10.4. The maximum Gasteiger partial charge on any atom is 0.327 e. The van der Waals surface area contributed by atoms with Gasteiger partial charge in [-0.2, -0.15) is 0 Å². The van der Waals surface area contributed by atoms with Crippen molar-refractivity contribution in [2.24, 2.45) is 5.92 Å². The van der Waals surface area contributed by atoms with E-state index in [4.69, 9.17) is 9.47 Å². The number of anilines is 1. The van der Waals surface area contributed by atoms with Crippen molar-refractivity contribution in [3.05, 3.63) is 12.4 Å². The highest BCUT2D eigenvalue weighted by Crippen LogP contribution is 2.39. The largest absolute Gasteiger partial charge is 0.478 e. The van der Waals surface area contributed by atoms with Crippen LogP contribution in [0.5, 0.6) is 5.88 Å². The van der Waals surface area contributed by atoms with E-state index in [1.165, 1.54) is 4.90 Å². The van der Waals surface area contributed by atoms with Crippen LogP contribution in [0.1, 0.15) is 26.7 Å². The van der Waals surface area contributed by atoms with Crippen molar-refractivity contribution in [1.82, 2.24) is 19.8 Å². The molecule has 28 heavy (non-hydrogen) atoms. The molecule has 1 spiro atoms. The predicted molar refractivity (Wildman–Crippen MR) is 103 cm³/mol. The summed E-state index contributed by atoms with van der Waals surface area (Å²) in [5.41, 5.74) is -0.791. The number of nitrogens with zero attached hydrogens (tertiary/aromatic N) is 5. The number of hydrogen-bond donors (Lipinski definition) is 0. The topological polar surface area (TPSA) is 88.1 Å². The van der Waals surface area contributed by atoms with Crippen molar-refractivity contribution in [3.63, 3.8) is 0 Å². The second kappa shape index (κ2) is 8.30. The molecular weight excluding hydrogens is 362 g/mol. The van der Waals surface area contributed by atoms with Crippen molar-refractivity contribution >= 4 is 17.8 Å². The Kier molecular flexibility index (Phi) is 6.02. The number of methoxy groups -OCH3 is 2. The smallest absolute Gasteiger partial charge is 0.327 e. The molecule has 0 N–H and O–H groups in total. The maximum absolute atomic E-state index is 13.3. The second-order valence-corrected chi connectivity index (χ2v) is 7.64. The van der Waals surface area contributed by atoms with Crippen molar-refractivity contribution in [3.8, 4) is 5.88 Å². The fraction of sp³-hybridized carbons (Fsp3) is 0.684. The standard InChI is InChI=1S/C19H29N5O4/c1-14(2)13-24-18(26)23(11-12-27-3)17(25)19(24)5-9-22(10-6-19)15-16(28-4)21-8-7-20-15/h7-8,14H,5-6,9-13H2,1-4H3. The molecule has 0 saturated carbocycles. The minimum absolute atomic E-state index is 0.110. The van der Waals surface area contributed by atoms with E-state index in [-0.39, 0.29) is 24.4 Å². The molecule has 2 fully saturated rings. The van der Waals surface area contributed by atoms with Gasteiger partial charge in [-0.05, 0) is 18.8 Å². The molecule has 0 aromatic carbocycles. The first-order chi connectivity index (χ1) is 13.4. The Labute approximate surface area is 165 Å². The van der Waals surface area contributed by atoms with Crippen molar-refractivity contribution in [2.75, 3.05) is 51.9 Å². The fourth-order valence-corrected chi connectivity index (χ4v) is 4.03. The summed E-state index contributed by atoms with van der Waals surface area (Å²) in [6.07, 6.45) is 4.32. The quantitative estimate of drug-likeness (QED) is 0.649. The molecule has 9 heteroatoms. The molecule has 3 amide bonds. The number of rotatable bonds is 7. The normalized spacial score (nSPS) is 19.2. The highest BCUT2D eigenvalue weighted by Gasteiger charge is 2.57. The zero-order valence-electron chi connectivity index (χ0n) is 17.1. The number of hydrogen-bond acceptors (Lipinski definition) is 7. The zero-order valence-corrected chi connectivity index (χ0v) is 17.1. The van der Waals surface area contributed by atoms with Crippen LogP contribution in [-0.2, 0) is 9.53 Å². The van der Waals surface area contributed by atoms with E-state index in [9.17, 15) is 9.59 Å². The highest BCUT2D eigenvalue weighted by atomic mass is 16.5. The van der Waals surface area contributed by atoms with Gasteiger partial charge in [0.15, 0.2) is 5.82 Å². The molecule has 0 unspecified atom stereocenters. The Bertz CT molecular complexity index is 718. The molecule has 1 aromatic rings. The minimum Gasteiger partial charge on any atom is -0.478 e. The summed E-state index contributed by atoms with van der Waals surface area (Å²) in [6.45, 7) is 6.49. The molecule has 0 bridgehead atoms. The number of piperidine rings is 1. The molecule has 0 radical (unpaired) electrons. The molecule has 9 nitrogen and oxygen atoms in total. The van der Waals surface area contributed by atoms with Crippen LogP contribution >= 0.6 is 0 Å². The Morgan fingerprint density at radius 3 is 2.43 bits per heavy atom.